The van der Waals surface area contributed by atoms with Gasteiger partial charge in [-0.3, -0.25) is 0 Å². The molecule has 0 aliphatic carbocycles. The topological polar surface area (TPSA) is 58.0 Å². The minimum atomic E-state index is 0.360. The Balaban J connectivity index is 2.52. The van der Waals surface area contributed by atoms with Crippen molar-refractivity contribution in [2.24, 2.45) is 5.11 Å². The molecule has 0 unspecified atom stereocenters. The Bertz CT molecular complexity index is 337. The Kier molecular flexibility index (Phi) is 4.75. The molecular weight excluding hydrogens is 198 g/mol. The Morgan fingerprint density at radius 2 is 2.29 bits per heavy atom. The van der Waals surface area contributed by atoms with E-state index in [1.54, 1.807) is 11.8 Å². The van der Waals surface area contributed by atoms with Crippen molar-refractivity contribution in [3.63, 3.8) is 0 Å². The standard InChI is InChI=1S/C9H11N3OS/c1-14-9-5-3-2-4-8(9)13-7-6-11-12-10/h2-5H,6-7H2,1H3. The maximum absolute atomic E-state index is 8.06. The third-order valence-corrected chi connectivity index (χ3v) is 2.36. The minimum Gasteiger partial charge on any atom is -0.492 e. The number of thioether (sulfide) groups is 1. The van der Waals surface area contributed by atoms with Gasteiger partial charge in [0.2, 0.25) is 0 Å². The smallest absolute Gasteiger partial charge is 0.132 e. The molecule has 0 aromatic heterocycles. The summed E-state index contributed by atoms with van der Waals surface area (Å²) >= 11 is 1.63. The van der Waals surface area contributed by atoms with Gasteiger partial charge in [0.25, 0.3) is 0 Å². The third kappa shape index (κ3) is 3.20. The zero-order valence-electron chi connectivity index (χ0n) is 7.88. The summed E-state index contributed by atoms with van der Waals surface area (Å²) in [4.78, 5) is 3.74. The van der Waals surface area contributed by atoms with E-state index >= 15 is 0 Å². The second-order valence-corrected chi connectivity index (χ2v) is 3.30. The van der Waals surface area contributed by atoms with Gasteiger partial charge in [-0.15, -0.1) is 11.8 Å². The van der Waals surface area contributed by atoms with Crippen LogP contribution in [0.25, 0.3) is 10.4 Å². The zero-order valence-corrected chi connectivity index (χ0v) is 8.70. The lowest BCUT2D eigenvalue weighted by molar-refractivity contribution is 0.321. The maximum Gasteiger partial charge on any atom is 0.132 e. The van der Waals surface area contributed by atoms with Gasteiger partial charge in [-0.2, -0.15) is 0 Å². The molecule has 74 valence electrons. The molecule has 0 spiro atoms. The first-order chi connectivity index (χ1) is 6.88. The zero-order chi connectivity index (χ0) is 10.2. The van der Waals surface area contributed by atoms with Gasteiger partial charge in [-0.25, -0.2) is 0 Å². The average molecular weight is 209 g/mol. The highest BCUT2D eigenvalue weighted by atomic mass is 32.2. The van der Waals surface area contributed by atoms with E-state index in [1.807, 2.05) is 30.5 Å². The van der Waals surface area contributed by atoms with Gasteiger partial charge in [0.1, 0.15) is 5.75 Å². The molecule has 0 radical (unpaired) electrons. The SMILES string of the molecule is CSc1ccccc1OCCN=[N+]=[N-]. The summed E-state index contributed by atoms with van der Waals surface area (Å²) in [6, 6.07) is 7.78. The number of hydrogen-bond acceptors (Lipinski definition) is 3. The molecule has 0 bridgehead atoms. The van der Waals surface area contributed by atoms with Crippen molar-refractivity contribution in [1.82, 2.24) is 0 Å². The molecule has 0 saturated carbocycles. The summed E-state index contributed by atoms with van der Waals surface area (Å²) < 4.78 is 5.44. The summed E-state index contributed by atoms with van der Waals surface area (Å²) in [6.07, 6.45) is 2.00. The van der Waals surface area contributed by atoms with Crippen molar-refractivity contribution in [2.75, 3.05) is 19.4 Å². The van der Waals surface area contributed by atoms with Gasteiger partial charge in [0.15, 0.2) is 0 Å². The van der Waals surface area contributed by atoms with Crippen LogP contribution >= 0.6 is 11.8 Å². The fourth-order valence-corrected chi connectivity index (χ4v) is 1.52. The molecule has 0 fully saturated rings. The number of para-hydroxylation sites is 1. The lowest BCUT2D eigenvalue weighted by Gasteiger charge is -2.07. The Hall–Kier alpha value is -1.32. The van der Waals surface area contributed by atoms with Crippen LogP contribution in [0.1, 0.15) is 0 Å². The van der Waals surface area contributed by atoms with Crippen molar-refractivity contribution in [3.05, 3.63) is 34.7 Å². The largest absolute Gasteiger partial charge is 0.492 e. The van der Waals surface area contributed by atoms with Crippen LogP contribution in [0.4, 0.5) is 0 Å². The van der Waals surface area contributed by atoms with Crippen LogP contribution in [0.2, 0.25) is 0 Å². The molecule has 0 aliphatic rings. The van der Waals surface area contributed by atoms with E-state index in [0.29, 0.717) is 13.2 Å². The van der Waals surface area contributed by atoms with E-state index in [9.17, 15) is 0 Å². The van der Waals surface area contributed by atoms with Crippen LogP contribution in [-0.2, 0) is 0 Å². The van der Waals surface area contributed by atoms with E-state index < -0.39 is 0 Å². The summed E-state index contributed by atoms with van der Waals surface area (Å²) in [7, 11) is 0. The van der Waals surface area contributed by atoms with Crippen LogP contribution in [0, 0.1) is 0 Å². The van der Waals surface area contributed by atoms with E-state index in [0.717, 1.165) is 10.6 Å². The molecule has 4 nitrogen and oxygen atoms in total. The number of azide groups is 1. The lowest BCUT2D eigenvalue weighted by Crippen LogP contribution is -2.00. The fourth-order valence-electron chi connectivity index (χ4n) is 0.979. The van der Waals surface area contributed by atoms with Crippen LogP contribution in [-0.4, -0.2) is 19.4 Å². The molecular formula is C9H11N3OS. The van der Waals surface area contributed by atoms with Crippen molar-refractivity contribution < 1.29 is 4.74 Å². The van der Waals surface area contributed by atoms with Gasteiger partial charge in [-0.05, 0) is 23.9 Å². The quantitative estimate of drug-likeness (QED) is 0.246. The first-order valence-electron chi connectivity index (χ1n) is 4.15. The molecule has 0 heterocycles. The molecule has 0 N–H and O–H groups in total. The molecule has 0 saturated heterocycles. The molecule has 0 aliphatic heterocycles. The highest BCUT2D eigenvalue weighted by Gasteiger charge is 1.99. The molecule has 14 heavy (non-hydrogen) atoms. The normalized spacial score (nSPS) is 9.21. The molecule has 0 atom stereocenters. The second-order valence-electron chi connectivity index (χ2n) is 2.45. The summed E-state index contributed by atoms with van der Waals surface area (Å²) in [5, 5.41) is 3.39. The van der Waals surface area contributed by atoms with Crippen LogP contribution in [0.5, 0.6) is 5.75 Å². The first-order valence-corrected chi connectivity index (χ1v) is 5.37. The van der Waals surface area contributed by atoms with Crippen molar-refractivity contribution in [1.29, 1.82) is 0 Å². The van der Waals surface area contributed by atoms with E-state index in [1.165, 1.54) is 0 Å². The van der Waals surface area contributed by atoms with Gasteiger partial charge >= 0.3 is 0 Å². The lowest BCUT2D eigenvalue weighted by atomic mass is 10.3. The monoisotopic (exact) mass is 209 g/mol. The minimum absolute atomic E-state index is 0.360. The van der Waals surface area contributed by atoms with E-state index in [4.69, 9.17) is 10.3 Å². The predicted molar refractivity (Wildman–Crippen MR) is 57.7 cm³/mol. The molecule has 0 amide bonds. The number of nitrogens with zero attached hydrogens (tertiary/aromatic N) is 3. The Morgan fingerprint density at radius 1 is 1.50 bits per heavy atom. The second kappa shape index (κ2) is 6.18. The highest BCUT2D eigenvalue weighted by Crippen LogP contribution is 2.26. The number of benzene rings is 1. The van der Waals surface area contributed by atoms with Crippen molar-refractivity contribution in [3.8, 4) is 5.75 Å². The molecule has 5 heteroatoms. The van der Waals surface area contributed by atoms with Crippen LogP contribution < -0.4 is 4.74 Å². The maximum atomic E-state index is 8.06. The predicted octanol–water partition coefficient (Wildman–Crippen LogP) is 3.10. The first kappa shape index (κ1) is 10.8. The van der Waals surface area contributed by atoms with Crippen molar-refractivity contribution >= 4 is 11.8 Å². The van der Waals surface area contributed by atoms with Gasteiger partial charge < -0.3 is 4.74 Å². The summed E-state index contributed by atoms with van der Waals surface area (Å²) in [6.45, 7) is 0.779. The van der Waals surface area contributed by atoms with E-state index in [-0.39, 0.29) is 0 Å². The number of ether oxygens (including phenoxy) is 1. The number of hydrogen-bond donors (Lipinski definition) is 0. The average Bonchev–Trinajstić information content (AvgIpc) is 2.25. The highest BCUT2D eigenvalue weighted by molar-refractivity contribution is 7.98. The molecule has 1 aromatic carbocycles. The fraction of sp³-hybridized carbons (Fsp3) is 0.333. The molecule has 1 rings (SSSR count). The van der Waals surface area contributed by atoms with Crippen molar-refractivity contribution in [2.45, 2.75) is 4.90 Å². The van der Waals surface area contributed by atoms with Gasteiger partial charge in [-0.1, -0.05) is 17.2 Å². The Labute approximate surface area is 86.9 Å². The molecule has 1 aromatic rings. The summed E-state index contributed by atoms with van der Waals surface area (Å²) in [5.74, 6) is 0.841. The van der Waals surface area contributed by atoms with Crippen LogP contribution in [0.3, 0.4) is 0 Å². The van der Waals surface area contributed by atoms with Crippen LogP contribution in [0.15, 0.2) is 34.3 Å². The van der Waals surface area contributed by atoms with Gasteiger partial charge in [0.05, 0.1) is 13.2 Å². The van der Waals surface area contributed by atoms with Gasteiger partial charge in [0, 0.05) is 9.81 Å². The Morgan fingerprint density at radius 3 is 3.00 bits per heavy atom. The third-order valence-electron chi connectivity index (χ3n) is 1.58. The van der Waals surface area contributed by atoms with E-state index in [2.05, 4.69) is 10.0 Å². The number of rotatable bonds is 5. The summed E-state index contributed by atoms with van der Waals surface area (Å²) in [5.41, 5.74) is 8.06.